The van der Waals surface area contributed by atoms with E-state index in [-0.39, 0.29) is 0 Å². The maximum Gasteiger partial charge on any atom is 0.0729 e. The maximum absolute atomic E-state index is 3.71. The van der Waals surface area contributed by atoms with Gasteiger partial charge in [-0.2, -0.15) is 10.2 Å². The molecule has 0 fully saturated rings. The molecule has 0 bridgehead atoms. The molecule has 0 atom stereocenters. The summed E-state index contributed by atoms with van der Waals surface area (Å²) in [5.74, 6) is 0. The van der Waals surface area contributed by atoms with Gasteiger partial charge in [-0.25, -0.2) is 0 Å². The molecule has 0 saturated heterocycles. The van der Waals surface area contributed by atoms with Gasteiger partial charge in [0, 0.05) is 14.1 Å². The maximum atomic E-state index is 3.71. The highest BCUT2D eigenvalue weighted by Crippen LogP contribution is 2.03. The first-order chi connectivity index (χ1) is 4.30. The molecule has 0 amide bonds. The van der Waals surface area contributed by atoms with Gasteiger partial charge in [0.15, 0.2) is 0 Å². The van der Waals surface area contributed by atoms with Crippen molar-refractivity contribution in [3.05, 3.63) is 18.5 Å². The highest BCUT2D eigenvalue weighted by Gasteiger charge is 1.89. The van der Waals surface area contributed by atoms with Gasteiger partial charge in [0.05, 0.1) is 18.1 Å². The zero-order valence-electron chi connectivity index (χ0n) is 5.57. The number of rotatable bonds is 1. The Morgan fingerprint density at radius 3 is 2.44 bits per heavy atom. The van der Waals surface area contributed by atoms with Gasteiger partial charge < -0.3 is 4.90 Å². The van der Waals surface area contributed by atoms with Crippen LogP contribution in [0.1, 0.15) is 0 Å². The molecule has 1 rings (SSSR count). The lowest BCUT2D eigenvalue weighted by Gasteiger charge is -2.09. The van der Waals surface area contributed by atoms with Crippen molar-refractivity contribution in [2.24, 2.45) is 0 Å². The molecule has 0 N–H and O–H groups in total. The van der Waals surface area contributed by atoms with Crippen molar-refractivity contribution >= 4 is 5.69 Å². The Morgan fingerprint density at radius 1 is 1.33 bits per heavy atom. The van der Waals surface area contributed by atoms with Crippen molar-refractivity contribution < 1.29 is 0 Å². The minimum Gasteiger partial charge on any atom is -0.376 e. The molecule has 1 aromatic heterocycles. The van der Waals surface area contributed by atoms with Gasteiger partial charge in [0.1, 0.15) is 0 Å². The smallest absolute Gasteiger partial charge is 0.0729 e. The molecule has 0 radical (unpaired) electrons. The minimum absolute atomic E-state index is 1.07. The van der Waals surface area contributed by atoms with Crippen molar-refractivity contribution in [1.82, 2.24) is 10.2 Å². The third-order valence-corrected chi connectivity index (χ3v) is 1.09. The van der Waals surface area contributed by atoms with Gasteiger partial charge in [-0.15, -0.1) is 0 Å². The fourth-order valence-electron chi connectivity index (χ4n) is 0.548. The lowest BCUT2D eigenvalue weighted by molar-refractivity contribution is 1.00. The Morgan fingerprint density at radius 2 is 2.11 bits per heavy atom. The predicted octanol–water partition coefficient (Wildman–Crippen LogP) is 0.543. The van der Waals surface area contributed by atoms with Gasteiger partial charge in [-0.1, -0.05) is 0 Å². The molecular formula is C6H9N3. The van der Waals surface area contributed by atoms with E-state index >= 15 is 0 Å². The first-order valence-corrected chi connectivity index (χ1v) is 2.75. The van der Waals surface area contributed by atoms with Gasteiger partial charge >= 0.3 is 0 Å². The van der Waals surface area contributed by atoms with Crippen LogP contribution >= 0.6 is 0 Å². The van der Waals surface area contributed by atoms with Crippen LogP contribution in [0.4, 0.5) is 5.69 Å². The van der Waals surface area contributed by atoms with E-state index in [4.69, 9.17) is 0 Å². The summed E-state index contributed by atoms with van der Waals surface area (Å²) in [6, 6.07) is 1.91. The van der Waals surface area contributed by atoms with Crippen LogP contribution in [0.5, 0.6) is 0 Å². The molecule has 3 heteroatoms. The summed E-state index contributed by atoms with van der Waals surface area (Å²) < 4.78 is 0. The van der Waals surface area contributed by atoms with Crippen molar-refractivity contribution in [2.45, 2.75) is 0 Å². The molecule has 0 aliphatic carbocycles. The zero-order chi connectivity index (χ0) is 6.69. The zero-order valence-corrected chi connectivity index (χ0v) is 5.57. The molecule has 9 heavy (non-hydrogen) atoms. The molecule has 0 spiro atoms. The average molecular weight is 123 g/mol. The van der Waals surface area contributed by atoms with Crippen LogP contribution in [0.15, 0.2) is 18.5 Å². The highest BCUT2D eigenvalue weighted by atomic mass is 15.1. The minimum atomic E-state index is 1.07. The van der Waals surface area contributed by atoms with E-state index in [1.807, 2.05) is 25.1 Å². The fraction of sp³-hybridized carbons (Fsp3) is 0.333. The van der Waals surface area contributed by atoms with E-state index in [1.54, 1.807) is 12.4 Å². The standard InChI is InChI=1S/C6H9N3/c1-9(2)6-3-4-7-8-5-6/h3-5H,1-2H3. The summed E-state index contributed by atoms with van der Waals surface area (Å²) in [4.78, 5) is 1.98. The van der Waals surface area contributed by atoms with Gasteiger partial charge in [-0.05, 0) is 6.07 Å². The molecule has 48 valence electrons. The average Bonchev–Trinajstić information content (AvgIpc) is 1.90. The second-order valence-electron chi connectivity index (χ2n) is 2.00. The van der Waals surface area contributed by atoms with Crippen LogP contribution in [-0.4, -0.2) is 24.3 Å². The summed E-state index contributed by atoms with van der Waals surface area (Å²) in [6.07, 6.45) is 3.40. The van der Waals surface area contributed by atoms with Gasteiger partial charge in [-0.3, -0.25) is 0 Å². The number of anilines is 1. The van der Waals surface area contributed by atoms with Crippen molar-refractivity contribution in [2.75, 3.05) is 19.0 Å². The second kappa shape index (κ2) is 2.44. The largest absolute Gasteiger partial charge is 0.376 e. The van der Waals surface area contributed by atoms with Gasteiger partial charge in [0.2, 0.25) is 0 Å². The SMILES string of the molecule is CN(C)c1ccnnc1. The number of hydrogen-bond acceptors (Lipinski definition) is 3. The molecule has 0 aliphatic heterocycles. The number of nitrogens with zero attached hydrogens (tertiary/aromatic N) is 3. The summed E-state index contributed by atoms with van der Waals surface area (Å²) in [7, 11) is 3.94. The third-order valence-electron chi connectivity index (χ3n) is 1.09. The molecule has 1 aromatic rings. The van der Waals surface area contributed by atoms with Crippen LogP contribution < -0.4 is 4.90 Å². The Balaban J connectivity index is 2.85. The Labute approximate surface area is 54.3 Å². The first kappa shape index (κ1) is 6.01. The molecular weight excluding hydrogens is 114 g/mol. The molecule has 0 aromatic carbocycles. The van der Waals surface area contributed by atoms with Crippen molar-refractivity contribution in [3.63, 3.8) is 0 Å². The Bertz CT molecular complexity index is 171. The van der Waals surface area contributed by atoms with E-state index < -0.39 is 0 Å². The topological polar surface area (TPSA) is 29.0 Å². The summed E-state index contributed by atoms with van der Waals surface area (Å²) >= 11 is 0. The van der Waals surface area contributed by atoms with E-state index in [0.29, 0.717) is 0 Å². The van der Waals surface area contributed by atoms with E-state index in [0.717, 1.165) is 5.69 Å². The number of hydrogen-bond donors (Lipinski definition) is 0. The van der Waals surface area contributed by atoms with Crippen molar-refractivity contribution in [3.8, 4) is 0 Å². The van der Waals surface area contributed by atoms with Crippen LogP contribution in [0.3, 0.4) is 0 Å². The highest BCUT2D eigenvalue weighted by molar-refractivity contribution is 5.40. The molecule has 0 unspecified atom stereocenters. The van der Waals surface area contributed by atoms with E-state index in [9.17, 15) is 0 Å². The quantitative estimate of drug-likeness (QED) is 0.546. The Hall–Kier alpha value is -1.12. The molecule has 0 saturated carbocycles. The van der Waals surface area contributed by atoms with Crippen LogP contribution in [0.2, 0.25) is 0 Å². The number of aromatic nitrogens is 2. The van der Waals surface area contributed by atoms with Gasteiger partial charge in [0.25, 0.3) is 0 Å². The summed E-state index contributed by atoms with van der Waals surface area (Å²) in [5, 5.41) is 7.37. The lowest BCUT2D eigenvalue weighted by Crippen LogP contribution is -2.08. The van der Waals surface area contributed by atoms with Crippen LogP contribution in [0, 0.1) is 0 Å². The monoisotopic (exact) mass is 123 g/mol. The van der Waals surface area contributed by atoms with Crippen molar-refractivity contribution in [1.29, 1.82) is 0 Å². The summed E-state index contributed by atoms with van der Waals surface area (Å²) in [5.41, 5.74) is 1.07. The lowest BCUT2D eigenvalue weighted by atomic mass is 10.4. The third kappa shape index (κ3) is 1.38. The summed E-state index contributed by atoms with van der Waals surface area (Å²) in [6.45, 7) is 0. The first-order valence-electron chi connectivity index (χ1n) is 2.75. The van der Waals surface area contributed by atoms with Crippen LogP contribution in [-0.2, 0) is 0 Å². The Kier molecular flexibility index (Phi) is 1.63. The second-order valence-corrected chi connectivity index (χ2v) is 2.00. The van der Waals surface area contributed by atoms with E-state index in [1.165, 1.54) is 0 Å². The normalized spacial score (nSPS) is 9.11. The molecule has 1 heterocycles. The molecule has 3 nitrogen and oxygen atoms in total. The molecule has 0 aliphatic rings. The van der Waals surface area contributed by atoms with E-state index in [2.05, 4.69) is 10.2 Å². The van der Waals surface area contributed by atoms with Crippen LogP contribution in [0.25, 0.3) is 0 Å². The fourth-order valence-corrected chi connectivity index (χ4v) is 0.548. The predicted molar refractivity (Wildman–Crippen MR) is 36.4 cm³/mol.